The van der Waals surface area contributed by atoms with Gasteiger partial charge in [0.15, 0.2) is 0 Å². The second kappa shape index (κ2) is 8.85. The average molecular weight is 335 g/mol. The topological polar surface area (TPSA) is 75.4 Å². The first-order chi connectivity index (χ1) is 11.5. The van der Waals surface area contributed by atoms with Gasteiger partial charge in [0.25, 0.3) is 0 Å². The van der Waals surface area contributed by atoms with Crippen LogP contribution < -0.4 is 5.32 Å². The summed E-state index contributed by atoms with van der Waals surface area (Å²) in [5, 5.41) is 6.98. The zero-order chi connectivity index (χ0) is 17.5. The van der Waals surface area contributed by atoms with Crippen LogP contribution in [0.2, 0.25) is 0 Å². The maximum absolute atomic E-state index is 12.5. The highest BCUT2D eigenvalue weighted by Crippen LogP contribution is 2.21. The molecule has 2 rings (SSSR count). The van der Waals surface area contributed by atoms with E-state index in [0.29, 0.717) is 31.2 Å². The Labute approximate surface area is 143 Å². The van der Waals surface area contributed by atoms with Crippen LogP contribution in [-0.2, 0) is 16.0 Å². The summed E-state index contributed by atoms with van der Waals surface area (Å²) in [4.78, 5) is 26.3. The van der Waals surface area contributed by atoms with Crippen molar-refractivity contribution in [1.29, 1.82) is 0 Å². The minimum absolute atomic E-state index is 0.0698. The van der Waals surface area contributed by atoms with Crippen LogP contribution in [0, 0.1) is 12.8 Å². The van der Waals surface area contributed by atoms with Gasteiger partial charge in [-0.3, -0.25) is 9.59 Å². The van der Waals surface area contributed by atoms with Gasteiger partial charge in [-0.1, -0.05) is 25.4 Å². The molecule has 2 heterocycles. The fourth-order valence-electron chi connectivity index (χ4n) is 3.24. The number of nitrogens with one attached hydrogen (secondary N) is 1. The van der Waals surface area contributed by atoms with E-state index in [4.69, 9.17) is 4.52 Å². The Kier molecular flexibility index (Phi) is 6.82. The van der Waals surface area contributed by atoms with Crippen LogP contribution in [0.4, 0.5) is 0 Å². The van der Waals surface area contributed by atoms with Gasteiger partial charge in [-0.15, -0.1) is 0 Å². The molecular weight excluding hydrogens is 306 g/mol. The maximum Gasteiger partial charge on any atom is 0.230 e. The fourth-order valence-corrected chi connectivity index (χ4v) is 3.24. The van der Waals surface area contributed by atoms with Gasteiger partial charge in [0.2, 0.25) is 11.8 Å². The molecule has 0 spiro atoms. The molecule has 0 unspecified atom stereocenters. The van der Waals surface area contributed by atoms with Crippen molar-refractivity contribution < 1.29 is 14.1 Å². The van der Waals surface area contributed by atoms with Crippen molar-refractivity contribution in [3.63, 3.8) is 0 Å². The summed E-state index contributed by atoms with van der Waals surface area (Å²) in [5.74, 6) is 1.13. The Hall–Kier alpha value is -1.85. The molecule has 0 aromatic carbocycles. The van der Waals surface area contributed by atoms with Crippen molar-refractivity contribution in [2.75, 3.05) is 13.1 Å². The summed E-state index contributed by atoms with van der Waals surface area (Å²) in [6.07, 6.45) is 4.57. The van der Waals surface area contributed by atoms with Gasteiger partial charge in [-0.2, -0.15) is 0 Å². The molecule has 1 aliphatic heterocycles. The molecule has 24 heavy (non-hydrogen) atoms. The van der Waals surface area contributed by atoms with Crippen LogP contribution in [0.25, 0.3) is 0 Å². The molecule has 1 aliphatic rings. The molecule has 2 atom stereocenters. The monoisotopic (exact) mass is 335 g/mol. The van der Waals surface area contributed by atoms with Crippen molar-refractivity contribution in [1.82, 2.24) is 15.4 Å². The third-order valence-corrected chi connectivity index (χ3v) is 4.72. The lowest BCUT2D eigenvalue weighted by Gasteiger charge is -2.38. The van der Waals surface area contributed by atoms with Crippen molar-refractivity contribution in [2.24, 2.45) is 5.92 Å². The summed E-state index contributed by atoms with van der Waals surface area (Å²) in [6, 6.07) is 1.98. The highest BCUT2D eigenvalue weighted by Gasteiger charge is 2.31. The molecule has 1 aromatic heterocycles. The predicted octanol–water partition coefficient (Wildman–Crippen LogP) is 2.46. The Morgan fingerprint density at radius 1 is 1.42 bits per heavy atom. The molecule has 6 nitrogen and oxygen atoms in total. The number of likely N-dealkylation sites (tertiary alicyclic amines) is 1. The summed E-state index contributed by atoms with van der Waals surface area (Å²) >= 11 is 0. The van der Waals surface area contributed by atoms with Crippen LogP contribution in [0.3, 0.4) is 0 Å². The third kappa shape index (κ3) is 5.08. The molecule has 134 valence electrons. The lowest BCUT2D eigenvalue weighted by Crippen LogP contribution is -2.52. The quantitative estimate of drug-likeness (QED) is 0.830. The van der Waals surface area contributed by atoms with Gasteiger partial charge in [-0.25, -0.2) is 0 Å². The van der Waals surface area contributed by atoms with Gasteiger partial charge >= 0.3 is 0 Å². The van der Waals surface area contributed by atoms with Crippen LogP contribution in [0.15, 0.2) is 10.6 Å². The number of carbonyl (C=O) groups excluding carboxylic acids is 2. The lowest BCUT2D eigenvalue weighted by atomic mass is 9.89. The van der Waals surface area contributed by atoms with E-state index in [1.165, 1.54) is 0 Å². The molecule has 0 bridgehead atoms. The number of hydrogen-bond donors (Lipinski definition) is 1. The second-order valence-electron chi connectivity index (χ2n) is 6.69. The van der Waals surface area contributed by atoms with Crippen molar-refractivity contribution >= 4 is 11.8 Å². The number of hydrogen-bond acceptors (Lipinski definition) is 4. The third-order valence-electron chi connectivity index (χ3n) is 4.72. The summed E-state index contributed by atoms with van der Waals surface area (Å²) in [6.45, 7) is 7.42. The van der Waals surface area contributed by atoms with Crippen molar-refractivity contribution in [3.8, 4) is 0 Å². The minimum atomic E-state index is 0.0698. The van der Waals surface area contributed by atoms with E-state index in [9.17, 15) is 9.59 Å². The van der Waals surface area contributed by atoms with Crippen molar-refractivity contribution in [2.45, 2.75) is 65.3 Å². The molecule has 2 amide bonds. The number of nitrogens with zero attached hydrogens (tertiary/aromatic N) is 2. The average Bonchev–Trinajstić information content (AvgIpc) is 2.98. The number of unbranched alkanes of at least 4 members (excludes halogenated alkanes) is 1. The van der Waals surface area contributed by atoms with Crippen LogP contribution in [0.5, 0.6) is 0 Å². The Bertz CT molecular complexity index is 555. The SMILES string of the molecule is CCCCC(=O)N[C@H]1CCN(C(=O)Cc2cc(C)no2)C[C@H]1CC. The van der Waals surface area contributed by atoms with Crippen molar-refractivity contribution in [3.05, 3.63) is 17.5 Å². The summed E-state index contributed by atoms with van der Waals surface area (Å²) in [5.41, 5.74) is 0.790. The number of rotatable bonds is 7. The zero-order valence-corrected chi connectivity index (χ0v) is 15.0. The minimum Gasteiger partial charge on any atom is -0.361 e. The van der Waals surface area contributed by atoms with Gasteiger partial charge in [0, 0.05) is 31.6 Å². The van der Waals surface area contributed by atoms with E-state index in [0.717, 1.165) is 31.4 Å². The second-order valence-corrected chi connectivity index (χ2v) is 6.69. The Morgan fingerprint density at radius 2 is 2.21 bits per heavy atom. The number of aryl methyl sites for hydroxylation is 1. The molecule has 0 saturated carbocycles. The smallest absolute Gasteiger partial charge is 0.230 e. The van der Waals surface area contributed by atoms with Crippen LogP contribution >= 0.6 is 0 Å². The van der Waals surface area contributed by atoms with Crippen LogP contribution in [0.1, 0.15) is 57.4 Å². The number of carbonyl (C=O) groups is 2. The highest BCUT2D eigenvalue weighted by atomic mass is 16.5. The normalized spacial score (nSPS) is 20.9. The van der Waals surface area contributed by atoms with E-state index in [1.54, 1.807) is 6.07 Å². The largest absolute Gasteiger partial charge is 0.361 e. The molecule has 1 aromatic rings. The molecule has 0 radical (unpaired) electrons. The number of aromatic nitrogens is 1. The summed E-state index contributed by atoms with van der Waals surface area (Å²) in [7, 11) is 0. The zero-order valence-electron chi connectivity index (χ0n) is 15.0. The summed E-state index contributed by atoms with van der Waals surface area (Å²) < 4.78 is 5.14. The molecule has 0 aliphatic carbocycles. The van der Waals surface area contributed by atoms with Gasteiger partial charge in [-0.05, 0) is 32.1 Å². The first kappa shape index (κ1) is 18.5. The highest BCUT2D eigenvalue weighted by molar-refractivity contribution is 5.78. The first-order valence-corrected chi connectivity index (χ1v) is 9.02. The Balaban J connectivity index is 1.86. The van der Waals surface area contributed by atoms with E-state index < -0.39 is 0 Å². The van der Waals surface area contributed by atoms with E-state index in [2.05, 4.69) is 24.3 Å². The standard InChI is InChI=1S/C18H29N3O3/c1-4-6-7-17(22)19-16-8-9-21(12-14(16)5-2)18(23)11-15-10-13(3)20-24-15/h10,14,16H,4-9,11-12H2,1-3H3,(H,19,22)/t14-,16+/m1/s1. The molecular formula is C18H29N3O3. The van der Waals surface area contributed by atoms with E-state index in [1.807, 2.05) is 11.8 Å². The molecule has 1 fully saturated rings. The first-order valence-electron chi connectivity index (χ1n) is 9.02. The predicted molar refractivity (Wildman–Crippen MR) is 91.4 cm³/mol. The van der Waals surface area contributed by atoms with E-state index in [-0.39, 0.29) is 24.3 Å². The molecule has 1 N–H and O–H groups in total. The van der Waals surface area contributed by atoms with E-state index >= 15 is 0 Å². The molecule has 1 saturated heterocycles. The van der Waals surface area contributed by atoms with Gasteiger partial charge in [0.05, 0.1) is 12.1 Å². The maximum atomic E-state index is 12.5. The molecule has 6 heteroatoms. The van der Waals surface area contributed by atoms with Gasteiger partial charge in [0.1, 0.15) is 5.76 Å². The fraction of sp³-hybridized carbons (Fsp3) is 0.722. The van der Waals surface area contributed by atoms with Crippen LogP contribution in [-0.4, -0.2) is 41.0 Å². The lowest BCUT2D eigenvalue weighted by molar-refractivity contribution is -0.133. The number of piperidine rings is 1. The van der Waals surface area contributed by atoms with Gasteiger partial charge < -0.3 is 14.7 Å². The Morgan fingerprint density at radius 3 is 2.83 bits per heavy atom. The number of amides is 2.